The Morgan fingerprint density at radius 2 is 2.42 bits per heavy atom. The Kier molecular flexibility index (Phi) is 3.78. The summed E-state index contributed by atoms with van der Waals surface area (Å²) < 4.78 is 10.7. The van der Waals surface area contributed by atoms with Gasteiger partial charge < -0.3 is 9.47 Å². The van der Waals surface area contributed by atoms with E-state index in [1.54, 1.807) is 19.4 Å². The summed E-state index contributed by atoms with van der Waals surface area (Å²) in [5.41, 5.74) is 0. The van der Waals surface area contributed by atoms with Crippen LogP contribution in [0.2, 0.25) is 5.15 Å². The molecule has 0 saturated heterocycles. The fourth-order valence-electron chi connectivity index (χ4n) is 0.628. The van der Waals surface area contributed by atoms with Crippen molar-refractivity contribution in [1.82, 2.24) is 4.98 Å². The van der Waals surface area contributed by atoms with Crippen molar-refractivity contribution in [3.63, 3.8) is 0 Å². The van der Waals surface area contributed by atoms with Crippen molar-refractivity contribution in [2.45, 2.75) is 0 Å². The maximum atomic E-state index is 5.72. The number of ether oxygens (including phenoxy) is 2. The molecular weight excluding hydrogens is 245 g/mol. The third-order valence-electron chi connectivity index (χ3n) is 1.11. The van der Waals surface area contributed by atoms with Gasteiger partial charge in [-0.25, -0.2) is 4.98 Å². The van der Waals surface area contributed by atoms with Gasteiger partial charge in [0, 0.05) is 17.8 Å². The van der Waals surface area contributed by atoms with Crippen molar-refractivity contribution in [2.24, 2.45) is 0 Å². The van der Waals surface area contributed by atoms with Crippen LogP contribution in [0.1, 0.15) is 0 Å². The van der Waals surface area contributed by atoms with Crippen LogP contribution in [0, 0.1) is 0 Å². The second kappa shape index (κ2) is 4.64. The maximum absolute atomic E-state index is 5.72. The zero-order chi connectivity index (χ0) is 8.97. The molecule has 0 N–H and O–H groups in total. The Labute approximate surface area is 83.8 Å². The molecule has 12 heavy (non-hydrogen) atoms. The van der Waals surface area contributed by atoms with Crippen molar-refractivity contribution < 1.29 is 9.47 Å². The van der Waals surface area contributed by atoms with Crippen LogP contribution in [-0.2, 0) is 4.74 Å². The lowest BCUT2D eigenvalue weighted by Gasteiger charge is -2.05. The van der Waals surface area contributed by atoms with E-state index >= 15 is 0 Å². The zero-order valence-electron chi connectivity index (χ0n) is 6.38. The lowest BCUT2D eigenvalue weighted by Crippen LogP contribution is -1.99. The standard InChI is InChI=1S/C7H7BrClNO2/c1-11-4-12-6-2-5(8)3-10-7(6)9/h2-3H,4H2,1H3. The number of halogens is 2. The molecule has 66 valence electrons. The van der Waals surface area contributed by atoms with Gasteiger partial charge in [0.1, 0.15) is 0 Å². The molecule has 1 aromatic rings. The molecule has 1 aromatic heterocycles. The summed E-state index contributed by atoms with van der Waals surface area (Å²) in [4.78, 5) is 3.87. The number of nitrogens with zero attached hydrogens (tertiary/aromatic N) is 1. The molecule has 1 rings (SSSR count). The summed E-state index contributed by atoms with van der Waals surface area (Å²) in [6.45, 7) is 0.165. The van der Waals surface area contributed by atoms with Gasteiger partial charge in [-0.15, -0.1) is 0 Å². The first-order chi connectivity index (χ1) is 5.74. The molecule has 0 fully saturated rings. The van der Waals surface area contributed by atoms with E-state index in [-0.39, 0.29) is 6.79 Å². The molecule has 0 atom stereocenters. The quantitative estimate of drug-likeness (QED) is 0.612. The van der Waals surface area contributed by atoms with Crippen molar-refractivity contribution in [1.29, 1.82) is 0 Å². The predicted molar refractivity (Wildman–Crippen MR) is 49.5 cm³/mol. The highest BCUT2D eigenvalue weighted by Crippen LogP contribution is 2.24. The average Bonchev–Trinajstić information content (AvgIpc) is 2.07. The van der Waals surface area contributed by atoms with E-state index in [9.17, 15) is 0 Å². The topological polar surface area (TPSA) is 31.4 Å². The predicted octanol–water partition coefficient (Wildman–Crippen LogP) is 2.48. The molecule has 1 heterocycles. The molecule has 0 unspecified atom stereocenters. The Bertz CT molecular complexity index is 270. The van der Waals surface area contributed by atoms with Crippen LogP contribution in [0.25, 0.3) is 0 Å². The fraction of sp³-hybridized carbons (Fsp3) is 0.286. The Balaban J connectivity index is 2.75. The van der Waals surface area contributed by atoms with Crippen molar-refractivity contribution in [2.75, 3.05) is 13.9 Å². The second-order valence-corrected chi connectivity index (χ2v) is 3.27. The van der Waals surface area contributed by atoms with Crippen molar-refractivity contribution in [3.8, 4) is 5.75 Å². The van der Waals surface area contributed by atoms with E-state index in [4.69, 9.17) is 21.1 Å². The summed E-state index contributed by atoms with van der Waals surface area (Å²) in [5, 5.41) is 0.329. The molecule has 0 aliphatic heterocycles. The minimum absolute atomic E-state index is 0.165. The zero-order valence-corrected chi connectivity index (χ0v) is 8.72. The van der Waals surface area contributed by atoms with Crippen LogP contribution in [0.4, 0.5) is 0 Å². The first kappa shape index (κ1) is 9.77. The molecular formula is C7H7BrClNO2. The van der Waals surface area contributed by atoms with Crippen molar-refractivity contribution in [3.05, 3.63) is 21.9 Å². The third kappa shape index (κ3) is 2.62. The first-order valence-electron chi connectivity index (χ1n) is 3.17. The van der Waals surface area contributed by atoms with Crippen LogP contribution in [0.5, 0.6) is 5.75 Å². The first-order valence-corrected chi connectivity index (χ1v) is 4.34. The minimum Gasteiger partial charge on any atom is -0.464 e. The highest BCUT2D eigenvalue weighted by molar-refractivity contribution is 9.10. The molecule has 5 heteroatoms. The SMILES string of the molecule is COCOc1cc(Br)cnc1Cl. The van der Waals surface area contributed by atoms with Crippen LogP contribution in [0.15, 0.2) is 16.7 Å². The summed E-state index contributed by atoms with van der Waals surface area (Å²) in [6.07, 6.45) is 1.60. The normalized spacial score (nSPS) is 9.92. The summed E-state index contributed by atoms with van der Waals surface area (Å²) >= 11 is 8.97. The molecule has 0 aliphatic carbocycles. The van der Waals surface area contributed by atoms with E-state index < -0.39 is 0 Å². The molecule has 0 aromatic carbocycles. The highest BCUT2D eigenvalue weighted by Gasteiger charge is 2.02. The lowest BCUT2D eigenvalue weighted by atomic mass is 10.5. The Morgan fingerprint density at radius 3 is 3.08 bits per heavy atom. The van der Waals surface area contributed by atoms with Gasteiger partial charge in [-0.3, -0.25) is 0 Å². The monoisotopic (exact) mass is 251 g/mol. The third-order valence-corrected chi connectivity index (χ3v) is 1.82. The van der Waals surface area contributed by atoms with E-state index in [1.807, 2.05) is 0 Å². The molecule has 0 aliphatic rings. The number of hydrogen-bond donors (Lipinski definition) is 0. The van der Waals surface area contributed by atoms with E-state index in [0.717, 1.165) is 4.47 Å². The van der Waals surface area contributed by atoms with Gasteiger partial charge in [0.2, 0.25) is 0 Å². The molecule has 3 nitrogen and oxygen atoms in total. The van der Waals surface area contributed by atoms with Gasteiger partial charge >= 0.3 is 0 Å². The van der Waals surface area contributed by atoms with Crippen LogP contribution < -0.4 is 4.74 Å². The Hall–Kier alpha value is -0.320. The summed E-state index contributed by atoms with van der Waals surface area (Å²) in [5.74, 6) is 0.507. The lowest BCUT2D eigenvalue weighted by molar-refractivity contribution is 0.0509. The number of methoxy groups -OCH3 is 1. The van der Waals surface area contributed by atoms with E-state index in [2.05, 4.69) is 20.9 Å². The van der Waals surface area contributed by atoms with Crippen LogP contribution in [-0.4, -0.2) is 18.9 Å². The molecule has 0 bridgehead atoms. The van der Waals surface area contributed by atoms with Gasteiger partial charge in [-0.2, -0.15) is 0 Å². The molecule has 0 radical (unpaired) electrons. The van der Waals surface area contributed by atoms with Crippen LogP contribution >= 0.6 is 27.5 Å². The second-order valence-electron chi connectivity index (χ2n) is 1.99. The average molecular weight is 252 g/mol. The fourth-order valence-corrected chi connectivity index (χ4v) is 1.10. The highest BCUT2D eigenvalue weighted by atomic mass is 79.9. The molecule has 0 saturated carbocycles. The number of pyridine rings is 1. The minimum atomic E-state index is 0.165. The number of hydrogen-bond acceptors (Lipinski definition) is 3. The van der Waals surface area contributed by atoms with E-state index in [0.29, 0.717) is 10.9 Å². The maximum Gasteiger partial charge on any atom is 0.188 e. The van der Waals surface area contributed by atoms with Gasteiger partial charge in [0.15, 0.2) is 17.7 Å². The molecule has 0 spiro atoms. The molecule has 0 amide bonds. The number of aromatic nitrogens is 1. The van der Waals surface area contributed by atoms with E-state index in [1.165, 1.54) is 0 Å². The smallest absolute Gasteiger partial charge is 0.188 e. The van der Waals surface area contributed by atoms with Gasteiger partial charge in [-0.1, -0.05) is 11.6 Å². The summed E-state index contributed by atoms with van der Waals surface area (Å²) in [6, 6.07) is 1.73. The largest absolute Gasteiger partial charge is 0.464 e. The van der Waals surface area contributed by atoms with Crippen molar-refractivity contribution >= 4 is 27.5 Å². The number of rotatable bonds is 3. The van der Waals surface area contributed by atoms with Gasteiger partial charge in [0.05, 0.1) is 0 Å². The van der Waals surface area contributed by atoms with Gasteiger partial charge in [-0.05, 0) is 22.0 Å². The Morgan fingerprint density at radius 1 is 1.67 bits per heavy atom. The van der Waals surface area contributed by atoms with Crippen LogP contribution in [0.3, 0.4) is 0 Å². The summed E-state index contributed by atoms with van der Waals surface area (Å²) in [7, 11) is 1.54. The van der Waals surface area contributed by atoms with Gasteiger partial charge in [0.25, 0.3) is 0 Å².